The van der Waals surface area contributed by atoms with E-state index in [-0.39, 0.29) is 12.1 Å². The third-order valence-electron chi connectivity index (χ3n) is 5.81. The molecule has 0 aliphatic heterocycles. The van der Waals surface area contributed by atoms with E-state index in [0.717, 1.165) is 24.8 Å². The number of rotatable bonds is 4. The first kappa shape index (κ1) is 14.7. The molecule has 4 aliphatic rings. The molecule has 4 fully saturated rings. The quantitative estimate of drug-likeness (QED) is 0.895. The predicted octanol–water partition coefficient (Wildman–Crippen LogP) is 2.43. The lowest BCUT2D eigenvalue weighted by Crippen LogP contribution is -2.59. The van der Waals surface area contributed by atoms with E-state index in [2.05, 4.69) is 4.72 Å². The lowest BCUT2D eigenvalue weighted by molar-refractivity contribution is -0.00810. The van der Waals surface area contributed by atoms with Crippen molar-refractivity contribution in [1.82, 2.24) is 4.72 Å². The molecule has 120 valence electrons. The summed E-state index contributed by atoms with van der Waals surface area (Å²) in [6, 6.07) is 6.53. The third-order valence-corrected chi connectivity index (χ3v) is 7.40. The van der Waals surface area contributed by atoms with Crippen LogP contribution in [0, 0.1) is 17.8 Å². The van der Waals surface area contributed by atoms with Crippen molar-refractivity contribution in [3.8, 4) is 0 Å². The highest BCUT2D eigenvalue weighted by atomic mass is 32.2. The van der Waals surface area contributed by atoms with E-state index in [9.17, 15) is 8.42 Å². The van der Waals surface area contributed by atoms with E-state index in [4.69, 9.17) is 5.11 Å². The minimum absolute atomic E-state index is 0.0667. The molecule has 5 rings (SSSR count). The lowest BCUT2D eigenvalue weighted by atomic mass is 9.53. The summed E-state index contributed by atoms with van der Waals surface area (Å²) in [5.41, 5.74) is 0.525. The monoisotopic (exact) mass is 321 g/mol. The Morgan fingerprint density at radius 1 is 1.00 bits per heavy atom. The maximum Gasteiger partial charge on any atom is 0.241 e. The molecule has 0 aromatic heterocycles. The minimum Gasteiger partial charge on any atom is -0.392 e. The van der Waals surface area contributed by atoms with Crippen molar-refractivity contribution >= 4 is 10.0 Å². The molecule has 0 atom stereocenters. The van der Waals surface area contributed by atoms with Crippen molar-refractivity contribution in [2.24, 2.45) is 17.8 Å². The predicted molar refractivity (Wildman–Crippen MR) is 83.6 cm³/mol. The van der Waals surface area contributed by atoms with E-state index < -0.39 is 10.0 Å². The summed E-state index contributed by atoms with van der Waals surface area (Å²) in [6.45, 7) is -0.0667. The van der Waals surface area contributed by atoms with Crippen LogP contribution in [0.2, 0.25) is 0 Å². The number of sulfonamides is 1. The fourth-order valence-electron chi connectivity index (χ4n) is 5.35. The van der Waals surface area contributed by atoms with Crippen molar-refractivity contribution in [1.29, 1.82) is 0 Å². The zero-order valence-electron chi connectivity index (χ0n) is 12.7. The first-order valence-electron chi connectivity index (χ1n) is 8.22. The van der Waals surface area contributed by atoms with E-state index >= 15 is 0 Å². The summed E-state index contributed by atoms with van der Waals surface area (Å²) >= 11 is 0. The van der Waals surface area contributed by atoms with Gasteiger partial charge < -0.3 is 5.11 Å². The molecule has 4 aliphatic carbocycles. The smallest absolute Gasteiger partial charge is 0.241 e. The molecule has 0 radical (unpaired) electrons. The van der Waals surface area contributed by atoms with E-state index in [0.29, 0.717) is 22.6 Å². The highest BCUT2D eigenvalue weighted by molar-refractivity contribution is 7.89. The van der Waals surface area contributed by atoms with Gasteiger partial charge in [-0.05, 0) is 74.0 Å². The summed E-state index contributed by atoms with van der Waals surface area (Å²) in [6.07, 6.45) is 6.91. The van der Waals surface area contributed by atoms with Crippen molar-refractivity contribution in [3.05, 3.63) is 29.8 Å². The van der Waals surface area contributed by atoms with Crippen molar-refractivity contribution < 1.29 is 13.5 Å². The number of nitrogens with one attached hydrogen (secondary N) is 1. The van der Waals surface area contributed by atoms with Crippen molar-refractivity contribution in [2.75, 3.05) is 0 Å². The van der Waals surface area contributed by atoms with Gasteiger partial charge in [0.1, 0.15) is 0 Å². The average molecular weight is 321 g/mol. The molecule has 4 saturated carbocycles. The first-order valence-corrected chi connectivity index (χ1v) is 9.70. The Hall–Kier alpha value is -0.910. The molecule has 2 N–H and O–H groups in total. The Kier molecular flexibility index (Phi) is 3.36. The lowest BCUT2D eigenvalue weighted by Gasteiger charge is -2.56. The number of aliphatic hydroxyl groups excluding tert-OH is 1. The van der Waals surface area contributed by atoms with Crippen LogP contribution in [0.4, 0.5) is 0 Å². The summed E-state index contributed by atoms with van der Waals surface area (Å²) in [5, 5.41) is 9.08. The van der Waals surface area contributed by atoms with E-state index in [1.807, 2.05) is 0 Å². The number of aliphatic hydroxyl groups is 1. The SMILES string of the molecule is O=S(=O)(NC12CC3CC(CC(C3)C1)C2)c1ccc(CO)cc1. The molecular formula is C17H23NO3S. The Morgan fingerprint density at radius 2 is 1.50 bits per heavy atom. The second-order valence-corrected chi connectivity index (χ2v) is 9.29. The molecule has 0 heterocycles. The van der Waals surface area contributed by atoms with Gasteiger partial charge in [0, 0.05) is 5.54 Å². The van der Waals surface area contributed by atoms with E-state index in [1.165, 1.54) is 19.3 Å². The largest absolute Gasteiger partial charge is 0.392 e. The van der Waals surface area contributed by atoms with Gasteiger partial charge in [-0.15, -0.1) is 0 Å². The van der Waals surface area contributed by atoms with Gasteiger partial charge in [0.25, 0.3) is 0 Å². The van der Waals surface area contributed by atoms with Crippen LogP contribution in [-0.4, -0.2) is 19.1 Å². The van der Waals surface area contributed by atoms with Crippen LogP contribution in [0.15, 0.2) is 29.2 Å². The average Bonchev–Trinajstić information content (AvgIpc) is 2.44. The second-order valence-electron chi connectivity index (χ2n) is 7.61. The van der Waals surface area contributed by atoms with Gasteiger partial charge in [-0.3, -0.25) is 0 Å². The molecular weight excluding hydrogens is 298 g/mol. The molecule has 4 bridgehead atoms. The molecule has 5 heteroatoms. The van der Waals surface area contributed by atoms with Gasteiger partial charge in [-0.2, -0.15) is 0 Å². The summed E-state index contributed by atoms with van der Waals surface area (Å²) in [5.74, 6) is 2.14. The molecule has 4 nitrogen and oxygen atoms in total. The Morgan fingerprint density at radius 3 is 1.95 bits per heavy atom. The first-order chi connectivity index (χ1) is 10.5. The van der Waals surface area contributed by atoms with Gasteiger partial charge in [0.2, 0.25) is 10.0 Å². The van der Waals surface area contributed by atoms with Crippen LogP contribution in [0.1, 0.15) is 44.1 Å². The summed E-state index contributed by atoms with van der Waals surface area (Å²) in [7, 11) is -3.48. The van der Waals surface area contributed by atoms with Crippen LogP contribution in [-0.2, 0) is 16.6 Å². The molecule has 0 unspecified atom stereocenters. The van der Waals surface area contributed by atoms with Gasteiger partial charge in [0.05, 0.1) is 11.5 Å². The normalized spacial score (nSPS) is 36.7. The Balaban J connectivity index is 1.59. The fourth-order valence-corrected chi connectivity index (χ4v) is 6.79. The number of benzene rings is 1. The molecule has 1 aromatic rings. The zero-order chi connectivity index (χ0) is 15.4. The topological polar surface area (TPSA) is 66.4 Å². The van der Waals surface area contributed by atoms with Crippen LogP contribution in [0.25, 0.3) is 0 Å². The van der Waals surface area contributed by atoms with Gasteiger partial charge in [-0.25, -0.2) is 13.1 Å². The Labute approximate surface area is 132 Å². The highest BCUT2D eigenvalue weighted by Gasteiger charge is 2.52. The molecule has 1 aromatic carbocycles. The molecule has 22 heavy (non-hydrogen) atoms. The number of hydrogen-bond acceptors (Lipinski definition) is 3. The van der Waals surface area contributed by atoms with Crippen LogP contribution in [0.3, 0.4) is 0 Å². The van der Waals surface area contributed by atoms with Crippen molar-refractivity contribution in [2.45, 2.75) is 55.6 Å². The maximum absolute atomic E-state index is 12.7. The maximum atomic E-state index is 12.7. The minimum atomic E-state index is -3.48. The van der Waals surface area contributed by atoms with Crippen LogP contribution >= 0.6 is 0 Å². The molecule has 0 spiro atoms. The van der Waals surface area contributed by atoms with Crippen LogP contribution < -0.4 is 4.72 Å². The van der Waals surface area contributed by atoms with Gasteiger partial charge in [-0.1, -0.05) is 12.1 Å². The van der Waals surface area contributed by atoms with E-state index in [1.54, 1.807) is 24.3 Å². The Bertz CT molecular complexity index is 630. The molecule has 0 amide bonds. The van der Waals surface area contributed by atoms with Gasteiger partial charge >= 0.3 is 0 Å². The summed E-state index contributed by atoms with van der Waals surface area (Å²) < 4.78 is 28.5. The zero-order valence-corrected chi connectivity index (χ0v) is 13.5. The third kappa shape index (κ3) is 2.49. The van der Waals surface area contributed by atoms with Gasteiger partial charge in [0.15, 0.2) is 0 Å². The number of hydrogen-bond donors (Lipinski definition) is 2. The second kappa shape index (κ2) is 5.05. The molecule has 0 saturated heterocycles. The van der Waals surface area contributed by atoms with Crippen molar-refractivity contribution in [3.63, 3.8) is 0 Å². The van der Waals surface area contributed by atoms with Crippen LogP contribution in [0.5, 0.6) is 0 Å². The highest BCUT2D eigenvalue weighted by Crippen LogP contribution is 2.55. The fraction of sp³-hybridized carbons (Fsp3) is 0.647. The standard InChI is InChI=1S/C17H23NO3S/c19-11-12-1-3-16(4-2-12)22(20,21)18-17-8-13-5-14(9-17)7-15(6-13)10-17/h1-4,13-15,18-19H,5-11H2. The summed E-state index contributed by atoms with van der Waals surface area (Å²) in [4.78, 5) is 0.306.